The molecule has 2 rings (SSSR count). The highest BCUT2D eigenvalue weighted by molar-refractivity contribution is 5.94. The van der Waals surface area contributed by atoms with E-state index in [1.165, 1.54) is 6.07 Å². The number of benzene rings is 1. The summed E-state index contributed by atoms with van der Waals surface area (Å²) in [5.74, 6) is -1.50. The topological polar surface area (TPSA) is 90.1 Å². The quantitative estimate of drug-likeness (QED) is 0.676. The van der Waals surface area contributed by atoms with Crippen LogP contribution in [0.15, 0.2) is 30.5 Å². The lowest BCUT2D eigenvalue weighted by Crippen LogP contribution is -2.23. The smallest absolute Gasteiger partial charge is 0.305 e. The maximum Gasteiger partial charge on any atom is 0.305 e. The van der Waals surface area contributed by atoms with E-state index in [2.05, 4.69) is 10.4 Å². The van der Waals surface area contributed by atoms with Crippen LogP contribution in [-0.2, 0) is 13.6 Å². The molecule has 0 unspecified atom stereocenters. The predicted octanol–water partition coefficient (Wildman–Crippen LogP) is 1.40. The molecule has 0 aliphatic rings. The van der Waals surface area contributed by atoms with Gasteiger partial charge in [-0.15, -0.1) is 0 Å². The summed E-state index contributed by atoms with van der Waals surface area (Å²) < 4.78 is 14.7. The largest absolute Gasteiger partial charge is 0.346 e. The van der Waals surface area contributed by atoms with Crippen molar-refractivity contribution in [3.8, 4) is 0 Å². The van der Waals surface area contributed by atoms with Crippen LogP contribution in [0.5, 0.6) is 0 Å². The molecule has 0 aliphatic carbocycles. The summed E-state index contributed by atoms with van der Waals surface area (Å²) in [5.41, 5.74) is -0.0537. The van der Waals surface area contributed by atoms with Crippen molar-refractivity contribution < 1.29 is 14.1 Å². The molecule has 1 amide bonds. The van der Waals surface area contributed by atoms with Crippen LogP contribution >= 0.6 is 0 Å². The number of halogens is 1. The Morgan fingerprint density at radius 2 is 2.25 bits per heavy atom. The number of aromatic nitrogens is 2. The molecule has 0 saturated heterocycles. The van der Waals surface area contributed by atoms with Crippen molar-refractivity contribution in [2.75, 3.05) is 0 Å². The van der Waals surface area contributed by atoms with Gasteiger partial charge in [-0.25, -0.2) is 0 Å². The molecule has 1 heterocycles. The summed E-state index contributed by atoms with van der Waals surface area (Å²) >= 11 is 0. The maximum atomic E-state index is 13.2. The van der Waals surface area contributed by atoms with E-state index in [-0.39, 0.29) is 12.1 Å². The number of hydrogen-bond acceptors (Lipinski definition) is 4. The summed E-state index contributed by atoms with van der Waals surface area (Å²) in [6.45, 7) is 0.185. The zero-order chi connectivity index (χ0) is 14.7. The number of hydrogen-bond donors (Lipinski definition) is 1. The lowest BCUT2D eigenvalue weighted by molar-refractivity contribution is -0.387. The fourth-order valence-electron chi connectivity index (χ4n) is 1.62. The van der Waals surface area contributed by atoms with Gasteiger partial charge in [0, 0.05) is 24.9 Å². The first-order chi connectivity index (χ1) is 9.47. The Balaban J connectivity index is 2.09. The summed E-state index contributed by atoms with van der Waals surface area (Å²) in [4.78, 5) is 21.5. The fourth-order valence-corrected chi connectivity index (χ4v) is 1.62. The molecule has 7 nitrogen and oxygen atoms in total. The van der Waals surface area contributed by atoms with Crippen molar-refractivity contribution in [2.45, 2.75) is 6.54 Å². The van der Waals surface area contributed by atoms with Gasteiger partial charge in [0.25, 0.3) is 5.91 Å². The van der Waals surface area contributed by atoms with E-state index in [1.54, 1.807) is 24.0 Å². The number of nitro groups is 1. The highest BCUT2D eigenvalue weighted by Crippen LogP contribution is 2.18. The van der Waals surface area contributed by atoms with Crippen LogP contribution in [0.2, 0.25) is 0 Å². The molecule has 0 bridgehead atoms. The van der Waals surface area contributed by atoms with Gasteiger partial charge in [-0.2, -0.15) is 9.49 Å². The third-order valence-corrected chi connectivity index (χ3v) is 2.60. The average molecular weight is 278 g/mol. The van der Waals surface area contributed by atoms with E-state index in [9.17, 15) is 19.3 Å². The summed E-state index contributed by atoms with van der Waals surface area (Å²) in [6.07, 6.45) is 1.73. The van der Waals surface area contributed by atoms with Crippen molar-refractivity contribution in [1.82, 2.24) is 15.1 Å². The molecule has 0 aliphatic heterocycles. The molecule has 1 N–H and O–H groups in total. The van der Waals surface area contributed by atoms with Gasteiger partial charge in [0.05, 0.1) is 17.2 Å². The Morgan fingerprint density at radius 3 is 2.85 bits per heavy atom. The van der Waals surface area contributed by atoms with Crippen molar-refractivity contribution in [3.05, 3.63) is 57.7 Å². The first kappa shape index (κ1) is 13.7. The van der Waals surface area contributed by atoms with Crippen LogP contribution in [0.1, 0.15) is 16.1 Å². The van der Waals surface area contributed by atoms with Gasteiger partial charge in [-0.05, 0) is 18.2 Å². The van der Waals surface area contributed by atoms with Crippen LogP contribution < -0.4 is 5.32 Å². The minimum Gasteiger partial charge on any atom is -0.346 e. The molecule has 0 radical (unpaired) electrons. The monoisotopic (exact) mass is 278 g/mol. The maximum absolute atomic E-state index is 13.2. The Hall–Kier alpha value is -2.77. The second kappa shape index (κ2) is 5.47. The SMILES string of the molecule is Cn1ccc(CNC(=O)c2ccc(F)c([N+](=O)[O-])c2)n1. The molecular weight excluding hydrogens is 267 g/mol. The number of carbonyl (C=O) groups excluding carboxylic acids is 1. The molecule has 2 aromatic rings. The molecule has 0 saturated carbocycles. The highest BCUT2D eigenvalue weighted by atomic mass is 19.1. The second-order valence-electron chi connectivity index (χ2n) is 4.09. The lowest BCUT2D eigenvalue weighted by Gasteiger charge is -2.03. The first-order valence-corrected chi connectivity index (χ1v) is 5.68. The fraction of sp³-hybridized carbons (Fsp3) is 0.167. The molecule has 0 atom stereocenters. The standard InChI is InChI=1S/C12H11FN4O3/c1-16-5-4-9(15-16)7-14-12(18)8-2-3-10(13)11(6-8)17(19)20/h2-6H,7H2,1H3,(H,14,18). The average Bonchev–Trinajstić information content (AvgIpc) is 2.82. The van der Waals surface area contributed by atoms with E-state index >= 15 is 0 Å². The van der Waals surface area contributed by atoms with Crippen molar-refractivity contribution in [1.29, 1.82) is 0 Å². The van der Waals surface area contributed by atoms with E-state index in [1.807, 2.05) is 0 Å². The molecule has 1 aromatic heterocycles. The minimum atomic E-state index is -0.976. The number of rotatable bonds is 4. The van der Waals surface area contributed by atoms with E-state index in [0.717, 1.165) is 12.1 Å². The molecule has 104 valence electrons. The van der Waals surface area contributed by atoms with Gasteiger partial charge in [0.2, 0.25) is 5.82 Å². The number of nitrogens with zero attached hydrogens (tertiary/aromatic N) is 3. The van der Waals surface area contributed by atoms with Gasteiger partial charge in [0.15, 0.2) is 0 Å². The third kappa shape index (κ3) is 2.97. The third-order valence-electron chi connectivity index (χ3n) is 2.60. The molecule has 1 aromatic carbocycles. The van der Waals surface area contributed by atoms with E-state index < -0.39 is 22.3 Å². The molecule has 20 heavy (non-hydrogen) atoms. The van der Waals surface area contributed by atoms with Gasteiger partial charge < -0.3 is 5.32 Å². The van der Waals surface area contributed by atoms with Crippen molar-refractivity contribution in [3.63, 3.8) is 0 Å². The summed E-state index contributed by atoms with van der Waals surface area (Å²) in [5, 5.41) is 17.2. The number of carbonyl (C=O) groups is 1. The lowest BCUT2D eigenvalue weighted by atomic mass is 10.2. The molecule has 0 fully saturated rings. The highest BCUT2D eigenvalue weighted by Gasteiger charge is 2.17. The normalized spacial score (nSPS) is 10.3. The van der Waals surface area contributed by atoms with E-state index in [4.69, 9.17) is 0 Å². The van der Waals surface area contributed by atoms with Crippen LogP contribution in [0.25, 0.3) is 0 Å². The van der Waals surface area contributed by atoms with Crippen molar-refractivity contribution in [2.24, 2.45) is 7.05 Å². The number of nitro benzene ring substituents is 1. The van der Waals surface area contributed by atoms with Crippen LogP contribution in [-0.4, -0.2) is 20.6 Å². The first-order valence-electron chi connectivity index (χ1n) is 5.68. The van der Waals surface area contributed by atoms with Crippen LogP contribution in [0, 0.1) is 15.9 Å². The number of amides is 1. The Labute approximate surface area is 113 Å². The number of nitrogens with one attached hydrogen (secondary N) is 1. The Kier molecular flexibility index (Phi) is 3.74. The van der Waals surface area contributed by atoms with E-state index in [0.29, 0.717) is 5.69 Å². The predicted molar refractivity (Wildman–Crippen MR) is 67.4 cm³/mol. The van der Waals surface area contributed by atoms with Gasteiger partial charge in [0.1, 0.15) is 0 Å². The minimum absolute atomic E-state index is 0.0223. The Bertz CT molecular complexity index is 668. The number of aryl methyl sites for hydroxylation is 1. The van der Waals surface area contributed by atoms with Crippen LogP contribution in [0.3, 0.4) is 0 Å². The zero-order valence-electron chi connectivity index (χ0n) is 10.5. The van der Waals surface area contributed by atoms with Gasteiger partial charge in [-0.1, -0.05) is 0 Å². The summed E-state index contributed by atoms with van der Waals surface area (Å²) in [7, 11) is 1.74. The van der Waals surface area contributed by atoms with Crippen LogP contribution in [0.4, 0.5) is 10.1 Å². The van der Waals surface area contributed by atoms with Gasteiger partial charge >= 0.3 is 5.69 Å². The van der Waals surface area contributed by atoms with Crippen molar-refractivity contribution >= 4 is 11.6 Å². The molecule has 8 heteroatoms. The Morgan fingerprint density at radius 1 is 1.50 bits per heavy atom. The molecule has 0 spiro atoms. The molecular formula is C12H11FN4O3. The summed E-state index contributed by atoms with van der Waals surface area (Å²) in [6, 6.07) is 4.72. The zero-order valence-corrected chi connectivity index (χ0v) is 10.5. The second-order valence-corrected chi connectivity index (χ2v) is 4.09. The van der Waals surface area contributed by atoms with Gasteiger partial charge in [-0.3, -0.25) is 19.6 Å².